The molecule has 1 heterocycles. The number of nitrogens with one attached hydrogen (secondary N) is 1. The lowest BCUT2D eigenvalue weighted by Gasteiger charge is -2.09. The van der Waals surface area contributed by atoms with Gasteiger partial charge in [-0.3, -0.25) is 4.98 Å². The van der Waals surface area contributed by atoms with Gasteiger partial charge < -0.3 is 4.23 Å². The first kappa shape index (κ1) is 7.22. The Morgan fingerprint density at radius 1 is 1.60 bits per heavy atom. The molecule has 1 rings (SSSR count). The summed E-state index contributed by atoms with van der Waals surface area (Å²) in [7, 11) is 6.23. The second-order valence-electron chi connectivity index (χ2n) is 1.60. The summed E-state index contributed by atoms with van der Waals surface area (Å²) in [5.41, 5.74) is -0.376. The molecular formula is C4H3N3OSi2. The van der Waals surface area contributed by atoms with Crippen LogP contribution in [0.25, 0.3) is 0 Å². The van der Waals surface area contributed by atoms with Crippen molar-refractivity contribution in [1.29, 1.82) is 0 Å². The van der Waals surface area contributed by atoms with Crippen molar-refractivity contribution in [1.82, 2.24) is 9.97 Å². The smallest absolute Gasteiger partial charge is 0.346 e. The van der Waals surface area contributed by atoms with Gasteiger partial charge in [-0.25, -0.2) is 9.78 Å². The van der Waals surface area contributed by atoms with Gasteiger partial charge in [-0.1, -0.05) is 0 Å². The highest BCUT2D eigenvalue weighted by molar-refractivity contribution is 6.41. The SMILES string of the molecule is O=c1nccc(N([Si])[Si])[nH]1. The lowest BCUT2D eigenvalue weighted by atomic mass is 10.6. The van der Waals surface area contributed by atoms with Crippen molar-refractivity contribution in [2.45, 2.75) is 0 Å². The zero-order valence-corrected chi connectivity index (χ0v) is 6.96. The molecule has 1 aromatic heterocycles. The first-order valence-electron chi connectivity index (χ1n) is 2.48. The van der Waals surface area contributed by atoms with Crippen molar-refractivity contribution < 1.29 is 0 Å². The van der Waals surface area contributed by atoms with Gasteiger partial charge in [0.15, 0.2) is 20.8 Å². The Hall–Kier alpha value is -0.886. The molecule has 0 aromatic carbocycles. The molecular weight excluding hydrogens is 162 g/mol. The highest BCUT2D eigenvalue weighted by atomic mass is 28.2. The standard InChI is InChI=1S/C4H3N3OSi2/c8-4-5-2-1-3(6-4)7(9)10/h1-2H,(H,5,6,8). The van der Waals surface area contributed by atoms with Crippen molar-refractivity contribution >= 4 is 26.6 Å². The summed E-state index contributed by atoms with van der Waals surface area (Å²) in [6.45, 7) is 0. The van der Waals surface area contributed by atoms with Crippen LogP contribution in [0.5, 0.6) is 0 Å². The maximum Gasteiger partial charge on any atom is 0.346 e. The Kier molecular flexibility index (Phi) is 2.02. The molecule has 0 saturated heterocycles. The molecule has 6 radical (unpaired) electrons. The molecule has 1 N–H and O–H groups in total. The average Bonchev–Trinajstić information content (AvgIpc) is 1.88. The Bertz CT molecular complexity index is 271. The van der Waals surface area contributed by atoms with E-state index in [1.54, 1.807) is 6.07 Å². The van der Waals surface area contributed by atoms with Crippen LogP contribution in [0.4, 0.5) is 5.82 Å². The summed E-state index contributed by atoms with van der Waals surface area (Å²) in [4.78, 5) is 16.5. The lowest BCUT2D eigenvalue weighted by molar-refractivity contribution is 1.07. The van der Waals surface area contributed by atoms with E-state index in [4.69, 9.17) is 0 Å². The fourth-order valence-electron chi connectivity index (χ4n) is 0.490. The number of aromatic nitrogens is 2. The van der Waals surface area contributed by atoms with Gasteiger partial charge in [0, 0.05) is 6.20 Å². The molecule has 1 aromatic rings. The van der Waals surface area contributed by atoms with Gasteiger partial charge >= 0.3 is 5.69 Å². The van der Waals surface area contributed by atoms with Crippen LogP contribution < -0.4 is 9.92 Å². The van der Waals surface area contributed by atoms with Gasteiger partial charge in [-0.05, 0) is 6.07 Å². The van der Waals surface area contributed by atoms with Crippen LogP contribution in [-0.2, 0) is 0 Å². The van der Waals surface area contributed by atoms with Gasteiger partial charge in [-0.2, -0.15) is 0 Å². The second kappa shape index (κ2) is 2.80. The maximum absolute atomic E-state index is 10.6. The topological polar surface area (TPSA) is 49.0 Å². The molecule has 0 amide bonds. The monoisotopic (exact) mass is 165 g/mol. The van der Waals surface area contributed by atoms with Gasteiger partial charge in [0.05, 0.1) is 5.82 Å². The normalized spacial score (nSPS) is 9.40. The third-order valence-electron chi connectivity index (χ3n) is 0.900. The number of nitrogens with zero attached hydrogens (tertiary/aromatic N) is 2. The molecule has 10 heavy (non-hydrogen) atoms. The minimum Gasteiger partial charge on any atom is -0.415 e. The first-order chi connectivity index (χ1) is 4.70. The van der Waals surface area contributed by atoms with Crippen molar-refractivity contribution in [3.63, 3.8) is 0 Å². The summed E-state index contributed by atoms with van der Waals surface area (Å²) >= 11 is 0. The van der Waals surface area contributed by atoms with Crippen molar-refractivity contribution in [3.05, 3.63) is 22.7 Å². The minimum absolute atomic E-state index is 0.376. The number of hydrogen-bond donors (Lipinski definition) is 1. The number of H-pyrrole nitrogens is 1. The molecule has 6 heteroatoms. The minimum atomic E-state index is -0.376. The Labute approximate surface area is 64.3 Å². The molecule has 0 unspecified atom stereocenters. The van der Waals surface area contributed by atoms with Crippen LogP contribution in [0.2, 0.25) is 0 Å². The largest absolute Gasteiger partial charge is 0.415 e. The molecule has 0 bridgehead atoms. The highest BCUT2D eigenvalue weighted by Crippen LogP contribution is 1.97. The third-order valence-corrected chi connectivity index (χ3v) is 1.38. The molecule has 48 valence electrons. The molecule has 4 nitrogen and oxygen atoms in total. The molecule has 0 atom stereocenters. The van der Waals surface area contributed by atoms with Gasteiger partial charge in [-0.15, -0.1) is 0 Å². The van der Waals surface area contributed by atoms with E-state index in [0.717, 1.165) is 0 Å². The number of anilines is 1. The van der Waals surface area contributed by atoms with Crippen LogP contribution in [0.1, 0.15) is 0 Å². The van der Waals surface area contributed by atoms with Crippen molar-refractivity contribution in [2.75, 3.05) is 4.23 Å². The van der Waals surface area contributed by atoms with Crippen LogP contribution in [0.15, 0.2) is 17.1 Å². The van der Waals surface area contributed by atoms with Crippen molar-refractivity contribution in [3.8, 4) is 0 Å². The summed E-state index contributed by atoms with van der Waals surface area (Å²) in [6.07, 6.45) is 1.42. The van der Waals surface area contributed by atoms with E-state index in [1.165, 1.54) is 10.4 Å². The van der Waals surface area contributed by atoms with E-state index in [2.05, 4.69) is 30.8 Å². The van der Waals surface area contributed by atoms with Crippen LogP contribution in [-0.4, -0.2) is 30.8 Å². The van der Waals surface area contributed by atoms with Crippen molar-refractivity contribution in [2.24, 2.45) is 0 Å². The van der Waals surface area contributed by atoms with Gasteiger partial charge in [0.2, 0.25) is 0 Å². The number of hydrogen-bond acceptors (Lipinski definition) is 3. The van der Waals surface area contributed by atoms with Gasteiger partial charge in [0.25, 0.3) is 0 Å². The predicted molar refractivity (Wildman–Crippen MR) is 38.8 cm³/mol. The number of rotatable bonds is 1. The summed E-state index contributed by atoms with van der Waals surface area (Å²) < 4.78 is 1.42. The zero-order valence-electron chi connectivity index (χ0n) is 4.96. The molecule has 0 aliphatic rings. The Balaban J connectivity index is 3.07. The van der Waals surface area contributed by atoms with E-state index in [1.807, 2.05) is 0 Å². The second-order valence-corrected chi connectivity index (χ2v) is 2.94. The highest BCUT2D eigenvalue weighted by Gasteiger charge is 1.93. The zero-order chi connectivity index (χ0) is 7.56. The lowest BCUT2D eigenvalue weighted by Crippen LogP contribution is -2.20. The van der Waals surface area contributed by atoms with Crippen LogP contribution in [0.3, 0.4) is 0 Å². The quantitative estimate of drug-likeness (QED) is 0.529. The molecule has 0 saturated carbocycles. The van der Waals surface area contributed by atoms with Crippen LogP contribution >= 0.6 is 0 Å². The molecule has 0 fully saturated rings. The summed E-state index contributed by atoms with van der Waals surface area (Å²) in [5, 5.41) is 0. The fraction of sp³-hybridized carbons (Fsp3) is 0. The van der Waals surface area contributed by atoms with Crippen LogP contribution in [0, 0.1) is 0 Å². The summed E-state index contributed by atoms with van der Waals surface area (Å²) in [5.74, 6) is 0.591. The summed E-state index contributed by atoms with van der Waals surface area (Å²) in [6, 6.07) is 1.64. The maximum atomic E-state index is 10.6. The Morgan fingerprint density at radius 2 is 2.30 bits per heavy atom. The fourth-order valence-corrected chi connectivity index (χ4v) is 0.750. The average molecular weight is 165 g/mol. The first-order valence-corrected chi connectivity index (χ1v) is 3.37. The molecule has 0 spiro atoms. The van der Waals surface area contributed by atoms with E-state index >= 15 is 0 Å². The van der Waals surface area contributed by atoms with E-state index < -0.39 is 0 Å². The predicted octanol–water partition coefficient (Wildman–Crippen LogP) is -1.26. The van der Waals surface area contributed by atoms with E-state index in [9.17, 15) is 4.79 Å². The van der Waals surface area contributed by atoms with E-state index in [0.29, 0.717) is 5.82 Å². The van der Waals surface area contributed by atoms with E-state index in [-0.39, 0.29) is 5.69 Å². The molecule has 0 aliphatic carbocycles. The number of aromatic amines is 1. The third kappa shape index (κ3) is 1.55. The molecule has 0 aliphatic heterocycles. The Morgan fingerprint density at radius 3 is 2.70 bits per heavy atom. The van der Waals surface area contributed by atoms with Gasteiger partial charge in [0.1, 0.15) is 0 Å².